The van der Waals surface area contributed by atoms with Gasteiger partial charge in [0.2, 0.25) is 11.8 Å². The molecule has 5 N–H and O–H groups in total. The van der Waals surface area contributed by atoms with E-state index in [0.717, 1.165) is 6.42 Å². The van der Waals surface area contributed by atoms with E-state index in [0.29, 0.717) is 56.5 Å². The Morgan fingerprint density at radius 1 is 0.870 bits per heavy atom. The summed E-state index contributed by atoms with van der Waals surface area (Å²) < 4.78 is 16.3. The van der Waals surface area contributed by atoms with Crippen molar-refractivity contribution in [2.75, 3.05) is 69.9 Å². The molecule has 1 atom stereocenters. The number of imide groups is 1. The molecule has 4 rings (SSSR count). The molecule has 2 heterocycles. The van der Waals surface area contributed by atoms with Crippen LogP contribution in [0.3, 0.4) is 0 Å². The molecule has 1 fully saturated rings. The molecule has 0 saturated carbocycles. The smallest absolute Gasteiger partial charge is 0.319 e. The van der Waals surface area contributed by atoms with E-state index in [2.05, 4.69) is 26.6 Å². The van der Waals surface area contributed by atoms with Gasteiger partial charge in [-0.3, -0.25) is 24.5 Å². The van der Waals surface area contributed by atoms with Gasteiger partial charge in [0.05, 0.1) is 44.2 Å². The highest BCUT2D eigenvalue weighted by Crippen LogP contribution is 2.32. The number of ether oxygens (including phenoxy) is 3. The molecule has 14 nitrogen and oxygen atoms in total. The van der Waals surface area contributed by atoms with Crippen LogP contribution in [0.25, 0.3) is 0 Å². The lowest BCUT2D eigenvalue weighted by molar-refractivity contribution is -0.136. The Balaban J connectivity index is 1.33. The molecule has 0 radical (unpaired) electrons. The number of anilines is 2. The average molecular weight is 639 g/mol. The average Bonchev–Trinajstić information content (AvgIpc) is 3.37. The quantitative estimate of drug-likeness (QED) is 0.121. The van der Waals surface area contributed by atoms with Crippen molar-refractivity contribution in [2.45, 2.75) is 38.8 Å². The summed E-state index contributed by atoms with van der Waals surface area (Å²) in [5, 5.41) is 13.8. The van der Waals surface area contributed by atoms with Crippen molar-refractivity contribution >= 4 is 41.0 Å². The van der Waals surface area contributed by atoms with Crippen LogP contribution in [0.15, 0.2) is 42.5 Å². The molecule has 14 heteroatoms. The third kappa shape index (κ3) is 9.99. The van der Waals surface area contributed by atoms with Crippen LogP contribution in [0.4, 0.5) is 16.2 Å². The van der Waals surface area contributed by atoms with Gasteiger partial charge in [0.25, 0.3) is 11.8 Å². The number of carbonyl (C=O) groups is 5. The third-order valence-electron chi connectivity index (χ3n) is 7.26. The van der Waals surface area contributed by atoms with E-state index < -0.39 is 23.8 Å². The number of rotatable bonds is 18. The summed E-state index contributed by atoms with van der Waals surface area (Å²) in [4.78, 5) is 64.8. The van der Waals surface area contributed by atoms with Crippen LogP contribution in [0, 0.1) is 0 Å². The number of nitrogens with zero attached hydrogens (tertiary/aromatic N) is 1. The van der Waals surface area contributed by atoms with Crippen molar-refractivity contribution in [3.05, 3.63) is 59.2 Å². The zero-order chi connectivity index (χ0) is 32.7. The fraction of sp³-hybridized carbons (Fsp3) is 0.469. The molecule has 1 unspecified atom stereocenters. The second-order valence-electron chi connectivity index (χ2n) is 10.7. The number of hydrogen-bond acceptors (Lipinski definition) is 9. The fourth-order valence-electron chi connectivity index (χ4n) is 5.09. The molecule has 1 saturated heterocycles. The SMILES string of the molecule is CCCOCCOCCOCCNC(=O)c1cc(NCCNC(=O)Nc2ccccc2)cc2c1C(=O)N(C1CCC(=O)NC1=O)C2. The number of carbonyl (C=O) groups excluding carboxylic acids is 5. The lowest BCUT2D eigenvalue weighted by Gasteiger charge is -2.29. The molecule has 6 amide bonds. The highest BCUT2D eigenvalue weighted by Gasteiger charge is 2.41. The number of hydrogen-bond donors (Lipinski definition) is 5. The summed E-state index contributed by atoms with van der Waals surface area (Å²) >= 11 is 0. The second-order valence-corrected chi connectivity index (χ2v) is 10.7. The predicted molar refractivity (Wildman–Crippen MR) is 170 cm³/mol. The molecule has 2 aliphatic heterocycles. The van der Waals surface area contributed by atoms with Gasteiger partial charge < -0.3 is 40.4 Å². The number of piperidine rings is 1. The van der Waals surface area contributed by atoms with Gasteiger partial charge >= 0.3 is 6.03 Å². The van der Waals surface area contributed by atoms with Crippen molar-refractivity contribution in [3.8, 4) is 0 Å². The topological polar surface area (TPSA) is 176 Å². The maximum atomic E-state index is 13.6. The largest absolute Gasteiger partial charge is 0.383 e. The Bertz CT molecular complexity index is 1370. The molecule has 0 aliphatic carbocycles. The monoisotopic (exact) mass is 638 g/mol. The predicted octanol–water partition coefficient (Wildman–Crippen LogP) is 1.87. The van der Waals surface area contributed by atoms with Gasteiger partial charge in [0, 0.05) is 50.6 Å². The van der Waals surface area contributed by atoms with Crippen molar-refractivity contribution in [1.82, 2.24) is 20.9 Å². The summed E-state index contributed by atoms with van der Waals surface area (Å²) in [6, 6.07) is 11.2. The van der Waals surface area contributed by atoms with Gasteiger partial charge in [-0.25, -0.2) is 4.79 Å². The summed E-state index contributed by atoms with van der Waals surface area (Å²) in [5.74, 6) is -1.82. The highest BCUT2D eigenvalue weighted by molar-refractivity contribution is 6.12. The lowest BCUT2D eigenvalue weighted by atomic mass is 10.0. The fourth-order valence-corrected chi connectivity index (χ4v) is 5.09. The lowest BCUT2D eigenvalue weighted by Crippen LogP contribution is -2.52. The number of nitrogens with one attached hydrogen (secondary N) is 5. The van der Waals surface area contributed by atoms with Gasteiger partial charge in [-0.05, 0) is 42.7 Å². The van der Waals surface area contributed by atoms with Gasteiger partial charge in [-0.1, -0.05) is 25.1 Å². The zero-order valence-corrected chi connectivity index (χ0v) is 26.0. The Kier molecular flexibility index (Phi) is 13.3. The van der Waals surface area contributed by atoms with Crippen LogP contribution in [0.2, 0.25) is 0 Å². The zero-order valence-electron chi connectivity index (χ0n) is 26.0. The molecule has 46 heavy (non-hydrogen) atoms. The molecule has 0 spiro atoms. The van der Waals surface area contributed by atoms with E-state index in [9.17, 15) is 24.0 Å². The first-order chi connectivity index (χ1) is 22.4. The molecule has 248 valence electrons. The van der Waals surface area contributed by atoms with Gasteiger partial charge in [0.15, 0.2) is 0 Å². The number of para-hydroxylation sites is 1. The Morgan fingerprint density at radius 3 is 2.30 bits per heavy atom. The van der Waals surface area contributed by atoms with Crippen molar-refractivity contribution in [2.24, 2.45) is 0 Å². The number of benzene rings is 2. The minimum absolute atomic E-state index is 0.112. The van der Waals surface area contributed by atoms with E-state index in [1.54, 1.807) is 24.3 Å². The molecular weight excluding hydrogens is 596 g/mol. The molecule has 2 aromatic rings. The molecular formula is C32H42N6O8. The van der Waals surface area contributed by atoms with Crippen LogP contribution in [0.1, 0.15) is 52.5 Å². The normalized spacial score (nSPS) is 15.7. The van der Waals surface area contributed by atoms with Crippen LogP contribution in [-0.4, -0.2) is 99.9 Å². The molecule has 2 aromatic carbocycles. The first-order valence-electron chi connectivity index (χ1n) is 15.5. The van der Waals surface area contributed by atoms with Crippen LogP contribution < -0.4 is 26.6 Å². The first-order valence-corrected chi connectivity index (χ1v) is 15.5. The Hall–Kier alpha value is -4.53. The van der Waals surface area contributed by atoms with Crippen molar-refractivity contribution < 1.29 is 38.2 Å². The number of amides is 6. The second kappa shape index (κ2) is 17.8. The van der Waals surface area contributed by atoms with Crippen LogP contribution in [0.5, 0.6) is 0 Å². The van der Waals surface area contributed by atoms with Crippen molar-refractivity contribution in [1.29, 1.82) is 0 Å². The van der Waals surface area contributed by atoms with Gasteiger partial charge in [-0.2, -0.15) is 0 Å². The maximum absolute atomic E-state index is 13.6. The van der Waals surface area contributed by atoms with E-state index in [4.69, 9.17) is 14.2 Å². The molecule has 0 bridgehead atoms. The van der Waals surface area contributed by atoms with E-state index in [1.807, 2.05) is 25.1 Å². The molecule has 2 aliphatic rings. The number of fused-ring (bicyclic) bond motifs is 1. The minimum atomic E-state index is -0.814. The van der Waals surface area contributed by atoms with Gasteiger partial charge in [-0.15, -0.1) is 0 Å². The molecule has 0 aromatic heterocycles. The first kappa shape index (κ1) is 34.3. The Morgan fingerprint density at radius 2 is 1.59 bits per heavy atom. The summed E-state index contributed by atoms with van der Waals surface area (Å²) in [6.07, 6.45) is 1.29. The summed E-state index contributed by atoms with van der Waals surface area (Å²) in [5.41, 5.74) is 2.19. The summed E-state index contributed by atoms with van der Waals surface area (Å²) in [7, 11) is 0. The highest BCUT2D eigenvalue weighted by atomic mass is 16.5. The standard InChI is InChI=1S/C32H42N6O8/c1-2-13-44-15-17-46-18-16-45-14-12-34-29(40)25-20-24(33-10-11-35-32(43)36-23-6-4-3-5-7-23)19-22-21-38(31(42)28(22)25)26-8-9-27(39)37-30(26)41/h3-7,19-20,26,33H,2,8-18,21H2,1H3,(H,34,40)(H2,35,36,43)(H,37,39,41). The minimum Gasteiger partial charge on any atom is -0.383 e. The van der Waals surface area contributed by atoms with E-state index >= 15 is 0 Å². The number of urea groups is 1. The van der Waals surface area contributed by atoms with Crippen molar-refractivity contribution in [3.63, 3.8) is 0 Å². The van der Waals surface area contributed by atoms with Crippen LogP contribution in [-0.2, 0) is 30.3 Å². The van der Waals surface area contributed by atoms with E-state index in [-0.39, 0.29) is 62.1 Å². The van der Waals surface area contributed by atoms with E-state index in [1.165, 1.54) is 4.90 Å². The Labute approximate surface area is 267 Å². The maximum Gasteiger partial charge on any atom is 0.319 e. The van der Waals surface area contributed by atoms with Gasteiger partial charge in [0.1, 0.15) is 6.04 Å². The van der Waals surface area contributed by atoms with Crippen LogP contribution >= 0.6 is 0 Å². The third-order valence-corrected chi connectivity index (χ3v) is 7.26. The summed E-state index contributed by atoms with van der Waals surface area (Å²) in [6.45, 7) is 5.70.